The molecule has 0 saturated carbocycles. The number of aryl methyl sites for hydroxylation is 1. The molecule has 0 fully saturated rings. The van der Waals surface area contributed by atoms with Crippen molar-refractivity contribution in [2.75, 3.05) is 12.9 Å². The largest absolute Gasteiger partial charge is 0.497 e. The Morgan fingerprint density at radius 2 is 2.11 bits per heavy atom. The van der Waals surface area contributed by atoms with Crippen LogP contribution < -0.4 is 10.2 Å². The van der Waals surface area contributed by atoms with Crippen molar-refractivity contribution in [3.8, 4) is 17.1 Å². The van der Waals surface area contributed by atoms with Crippen LogP contribution in [-0.2, 0) is 11.3 Å². The van der Waals surface area contributed by atoms with Crippen LogP contribution in [0, 0.1) is 6.92 Å². The minimum Gasteiger partial charge on any atom is -0.497 e. The van der Waals surface area contributed by atoms with Gasteiger partial charge in [-0.25, -0.2) is 5.43 Å². The van der Waals surface area contributed by atoms with E-state index >= 15 is 0 Å². The van der Waals surface area contributed by atoms with Crippen molar-refractivity contribution in [1.29, 1.82) is 0 Å². The van der Waals surface area contributed by atoms with Crippen molar-refractivity contribution < 1.29 is 9.53 Å². The van der Waals surface area contributed by atoms with E-state index in [2.05, 4.69) is 20.7 Å². The zero-order chi connectivity index (χ0) is 19.9. The fourth-order valence-electron chi connectivity index (χ4n) is 2.48. The van der Waals surface area contributed by atoms with Crippen LogP contribution in [0.25, 0.3) is 11.4 Å². The number of thioether (sulfide) groups is 1. The highest BCUT2D eigenvalue weighted by Crippen LogP contribution is 2.25. The van der Waals surface area contributed by atoms with E-state index in [9.17, 15) is 4.79 Å². The minimum atomic E-state index is -0.188. The van der Waals surface area contributed by atoms with E-state index in [1.54, 1.807) is 24.7 Å². The molecule has 0 atom stereocenters. The number of methoxy groups -OCH3 is 1. The van der Waals surface area contributed by atoms with Crippen molar-refractivity contribution in [3.63, 3.8) is 0 Å². The van der Waals surface area contributed by atoms with Gasteiger partial charge in [0.15, 0.2) is 11.0 Å². The van der Waals surface area contributed by atoms with Crippen LogP contribution in [0.3, 0.4) is 0 Å². The van der Waals surface area contributed by atoms with E-state index in [-0.39, 0.29) is 11.7 Å². The Balaban J connectivity index is 1.61. The van der Waals surface area contributed by atoms with Crippen molar-refractivity contribution in [2.45, 2.75) is 25.5 Å². The molecule has 2 heterocycles. The van der Waals surface area contributed by atoms with Crippen LogP contribution in [0.4, 0.5) is 0 Å². The number of hydrogen-bond acceptors (Lipinski definition) is 7. The second-order valence-electron chi connectivity index (χ2n) is 5.83. The molecule has 3 rings (SSSR count). The molecule has 28 heavy (non-hydrogen) atoms. The molecule has 1 aromatic carbocycles. The number of aromatic nitrogens is 3. The zero-order valence-electron chi connectivity index (χ0n) is 15.9. The van der Waals surface area contributed by atoms with Crippen molar-refractivity contribution in [3.05, 3.63) is 46.2 Å². The molecular formula is C19H21N5O2S2. The van der Waals surface area contributed by atoms with E-state index in [0.29, 0.717) is 11.7 Å². The topological polar surface area (TPSA) is 81.4 Å². The lowest BCUT2D eigenvalue weighted by Gasteiger charge is -2.07. The first kappa shape index (κ1) is 20.1. The summed E-state index contributed by atoms with van der Waals surface area (Å²) in [6.07, 6.45) is 1.67. The van der Waals surface area contributed by atoms with Crippen molar-refractivity contribution in [1.82, 2.24) is 20.2 Å². The molecule has 146 valence electrons. The lowest BCUT2D eigenvalue weighted by molar-refractivity contribution is -0.118. The third kappa shape index (κ3) is 4.79. The molecule has 0 unspecified atom stereocenters. The Labute approximate surface area is 171 Å². The molecule has 0 saturated heterocycles. The maximum Gasteiger partial charge on any atom is 0.250 e. The molecule has 1 N–H and O–H groups in total. The summed E-state index contributed by atoms with van der Waals surface area (Å²) in [6, 6.07) is 9.67. The lowest BCUT2D eigenvalue weighted by atomic mass is 10.2. The fraction of sp³-hybridized carbons (Fsp3) is 0.263. The average Bonchev–Trinajstić information content (AvgIpc) is 3.32. The Bertz CT molecular complexity index is 963. The first-order valence-corrected chi connectivity index (χ1v) is 10.5. The highest BCUT2D eigenvalue weighted by Gasteiger charge is 2.14. The summed E-state index contributed by atoms with van der Waals surface area (Å²) in [5, 5.41) is 15.2. The molecule has 0 aliphatic rings. The van der Waals surface area contributed by atoms with Gasteiger partial charge in [0, 0.05) is 17.0 Å². The van der Waals surface area contributed by atoms with Gasteiger partial charge in [0.25, 0.3) is 5.91 Å². The molecule has 2 aromatic heterocycles. The van der Waals surface area contributed by atoms with Gasteiger partial charge in [0.1, 0.15) is 5.75 Å². The van der Waals surface area contributed by atoms with Gasteiger partial charge in [0.05, 0.1) is 19.1 Å². The Hall–Kier alpha value is -2.65. The number of nitrogens with one attached hydrogen (secondary N) is 1. The summed E-state index contributed by atoms with van der Waals surface area (Å²) in [7, 11) is 1.63. The number of rotatable bonds is 8. The first-order valence-electron chi connectivity index (χ1n) is 8.68. The van der Waals surface area contributed by atoms with Crippen molar-refractivity contribution >= 4 is 35.2 Å². The predicted octanol–water partition coefficient (Wildman–Crippen LogP) is 3.59. The number of nitrogens with zero attached hydrogens (tertiary/aromatic N) is 4. The highest BCUT2D eigenvalue weighted by atomic mass is 32.2. The van der Waals surface area contributed by atoms with Crippen LogP contribution >= 0.6 is 23.1 Å². The molecule has 7 nitrogen and oxygen atoms in total. The molecule has 0 bridgehead atoms. The number of amides is 1. The predicted molar refractivity (Wildman–Crippen MR) is 113 cm³/mol. The van der Waals surface area contributed by atoms with E-state index < -0.39 is 0 Å². The van der Waals surface area contributed by atoms with Crippen LogP contribution in [0.2, 0.25) is 0 Å². The monoisotopic (exact) mass is 415 g/mol. The van der Waals surface area contributed by atoms with Gasteiger partial charge in [-0.1, -0.05) is 11.8 Å². The fourth-order valence-corrected chi connectivity index (χ4v) is 4.06. The number of carbonyl (C=O) groups is 1. The van der Waals surface area contributed by atoms with E-state index in [1.807, 2.05) is 54.1 Å². The SMILES string of the molecule is CCn1c(SCC(=O)NN=Cc2sccc2C)nnc1-c1ccc(OC)cc1. The molecule has 3 aromatic rings. The number of hydrazone groups is 1. The van der Waals surface area contributed by atoms with E-state index in [4.69, 9.17) is 4.74 Å². The number of ether oxygens (including phenoxy) is 1. The van der Waals surface area contributed by atoms with E-state index in [1.165, 1.54) is 11.8 Å². The van der Waals surface area contributed by atoms with Crippen LogP contribution in [0.5, 0.6) is 5.75 Å². The lowest BCUT2D eigenvalue weighted by Crippen LogP contribution is -2.20. The smallest absolute Gasteiger partial charge is 0.250 e. The van der Waals surface area contributed by atoms with Gasteiger partial charge >= 0.3 is 0 Å². The molecule has 0 spiro atoms. The second kappa shape index (κ2) is 9.52. The van der Waals surface area contributed by atoms with Crippen LogP contribution in [0.15, 0.2) is 46.0 Å². The van der Waals surface area contributed by atoms with Gasteiger partial charge in [-0.15, -0.1) is 21.5 Å². The zero-order valence-corrected chi connectivity index (χ0v) is 17.5. The molecule has 0 aliphatic heterocycles. The summed E-state index contributed by atoms with van der Waals surface area (Å²) in [5.74, 6) is 1.57. The Morgan fingerprint density at radius 1 is 1.32 bits per heavy atom. The molecule has 9 heteroatoms. The number of hydrogen-bond donors (Lipinski definition) is 1. The number of thiophene rings is 1. The summed E-state index contributed by atoms with van der Waals surface area (Å²) in [6.45, 7) is 4.73. The van der Waals surface area contributed by atoms with Gasteiger partial charge < -0.3 is 9.30 Å². The van der Waals surface area contributed by atoms with Gasteiger partial charge in [-0.3, -0.25) is 4.79 Å². The highest BCUT2D eigenvalue weighted by molar-refractivity contribution is 7.99. The number of carbonyl (C=O) groups excluding carboxylic acids is 1. The van der Waals surface area contributed by atoms with E-state index in [0.717, 1.165) is 27.6 Å². The third-order valence-corrected chi connectivity index (χ3v) is 5.91. The third-order valence-electron chi connectivity index (χ3n) is 3.99. The summed E-state index contributed by atoms with van der Waals surface area (Å²) in [5.41, 5.74) is 4.64. The first-order chi connectivity index (χ1) is 13.6. The minimum absolute atomic E-state index is 0.188. The maximum atomic E-state index is 12.1. The molecule has 0 aliphatic carbocycles. The van der Waals surface area contributed by atoms with Gasteiger partial charge in [-0.05, 0) is 55.1 Å². The van der Waals surface area contributed by atoms with Crippen LogP contribution in [0.1, 0.15) is 17.4 Å². The van der Waals surface area contributed by atoms with Crippen molar-refractivity contribution in [2.24, 2.45) is 5.10 Å². The summed E-state index contributed by atoms with van der Waals surface area (Å²) >= 11 is 2.92. The second-order valence-corrected chi connectivity index (χ2v) is 7.72. The molecule has 1 amide bonds. The summed E-state index contributed by atoms with van der Waals surface area (Å²) in [4.78, 5) is 13.1. The van der Waals surface area contributed by atoms with Gasteiger partial charge in [0.2, 0.25) is 0 Å². The normalized spacial score (nSPS) is 11.1. The van der Waals surface area contributed by atoms with Gasteiger partial charge in [-0.2, -0.15) is 5.10 Å². The standard InChI is InChI=1S/C19H21N5O2S2/c1-4-24-18(14-5-7-15(26-3)8-6-14)22-23-19(24)28-12-17(25)21-20-11-16-13(2)9-10-27-16/h5-11H,4,12H2,1-3H3,(H,21,25). The summed E-state index contributed by atoms with van der Waals surface area (Å²) < 4.78 is 7.18. The van der Waals surface area contributed by atoms with Crippen LogP contribution in [-0.4, -0.2) is 39.7 Å². The molecule has 0 radical (unpaired) electrons. The Morgan fingerprint density at radius 3 is 2.75 bits per heavy atom. The quantitative estimate of drug-likeness (QED) is 0.345. The Kier molecular flexibility index (Phi) is 6.83. The number of benzene rings is 1. The average molecular weight is 416 g/mol. The maximum absolute atomic E-state index is 12.1. The molecular weight excluding hydrogens is 394 g/mol.